The quantitative estimate of drug-likeness (QED) is 0.835. The number of carbonyl (C=O) groups is 1. The van der Waals surface area contributed by atoms with E-state index in [0.29, 0.717) is 12.6 Å². The van der Waals surface area contributed by atoms with Crippen LogP contribution in [0, 0.1) is 5.92 Å². The average molecular weight is 345 g/mol. The van der Waals surface area contributed by atoms with Crippen molar-refractivity contribution >= 4 is 23.0 Å². The number of hydrogen-bond donors (Lipinski definition) is 1. The highest BCUT2D eigenvalue weighted by Crippen LogP contribution is 2.27. The number of aromatic nitrogens is 1. The molecule has 1 aromatic heterocycles. The molecule has 6 nitrogen and oxygen atoms in total. The minimum atomic E-state index is 0.0250. The maximum atomic E-state index is 12.7. The van der Waals surface area contributed by atoms with E-state index in [2.05, 4.69) is 16.8 Å². The van der Waals surface area contributed by atoms with E-state index in [1.54, 1.807) is 0 Å². The highest BCUT2D eigenvalue weighted by atomic mass is 16.4. The molecule has 0 unspecified atom stereocenters. The molecule has 0 spiro atoms. The van der Waals surface area contributed by atoms with Gasteiger partial charge in [0.05, 0.1) is 6.61 Å². The molecule has 6 heteroatoms. The number of amides is 1. The van der Waals surface area contributed by atoms with E-state index in [1.165, 1.54) is 0 Å². The molecule has 1 amide bonds. The first-order chi connectivity index (χ1) is 12.2. The number of piperidine rings is 1. The minimum absolute atomic E-state index is 0.0250. The monoisotopic (exact) mass is 345 g/mol. The van der Waals surface area contributed by atoms with Gasteiger partial charge in [0.1, 0.15) is 5.52 Å². The van der Waals surface area contributed by atoms with Gasteiger partial charge in [0.25, 0.3) is 6.01 Å². The zero-order valence-corrected chi connectivity index (χ0v) is 14.9. The summed E-state index contributed by atoms with van der Waals surface area (Å²) in [5, 5.41) is 9.22. The second-order valence-corrected chi connectivity index (χ2v) is 6.63. The minimum Gasteiger partial charge on any atom is -0.423 e. The van der Waals surface area contributed by atoms with Gasteiger partial charge in [-0.3, -0.25) is 4.79 Å². The highest BCUT2D eigenvalue weighted by Gasteiger charge is 2.29. The number of fused-ring (bicyclic) bond motifs is 1. The first-order valence-corrected chi connectivity index (χ1v) is 9.23. The lowest BCUT2D eigenvalue weighted by molar-refractivity contribution is -0.136. The predicted molar refractivity (Wildman–Crippen MR) is 97.5 cm³/mol. The lowest BCUT2D eigenvalue weighted by atomic mass is 9.95. The molecule has 1 saturated heterocycles. The summed E-state index contributed by atoms with van der Waals surface area (Å²) in [4.78, 5) is 21.2. The number of rotatable bonds is 7. The third-order valence-electron chi connectivity index (χ3n) is 4.86. The smallest absolute Gasteiger partial charge is 0.298 e. The zero-order chi connectivity index (χ0) is 17.6. The summed E-state index contributed by atoms with van der Waals surface area (Å²) < 4.78 is 5.83. The number of hydrogen-bond acceptors (Lipinski definition) is 5. The molecule has 1 aromatic carbocycles. The second-order valence-electron chi connectivity index (χ2n) is 6.63. The van der Waals surface area contributed by atoms with Crippen molar-refractivity contribution in [3.05, 3.63) is 24.3 Å². The van der Waals surface area contributed by atoms with Gasteiger partial charge >= 0.3 is 0 Å². The number of aliphatic hydroxyl groups is 1. The van der Waals surface area contributed by atoms with Crippen LogP contribution in [-0.2, 0) is 4.79 Å². The summed E-state index contributed by atoms with van der Waals surface area (Å²) in [7, 11) is 0. The summed E-state index contributed by atoms with van der Waals surface area (Å²) in [6.45, 7) is 4.84. The number of aliphatic hydroxyl groups excluding tert-OH is 1. The number of carbonyl (C=O) groups excluding carboxylic acids is 1. The maximum absolute atomic E-state index is 12.7. The van der Waals surface area contributed by atoms with Crippen LogP contribution in [-0.4, -0.2) is 53.7 Å². The lowest BCUT2D eigenvalue weighted by Gasteiger charge is -2.33. The van der Waals surface area contributed by atoms with E-state index in [-0.39, 0.29) is 18.4 Å². The Morgan fingerprint density at radius 2 is 2.08 bits per heavy atom. The van der Waals surface area contributed by atoms with Gasteiger partial charge in [-0.1, -0.05) is 25.5 Å². The number of oxazole rings is 1. The van der Waals surface area contributed by atoms with Gasteiger partial charge in [-0.05, 0) is 31.4 Å². The van der Waals surface area contributed by atoms with Gasteiger partial charge in [-0.15, -0.1) is 0 Å². The van der Waals surface area contributed by atoms with E-state index in [9.17, 15) is 9.90 Å². The van der Waals surface area contributed by atoms with Crippen LogP contribution in [0.15, 0.2) is 28.7 Å². The fourth-order valence-electron chi connectivity index (χ4n) is 3.37. The molecule has 1 aliphatic heterocycles. The molecule has 2 aromatic rings. The Hall–Kier alpha value is -2.08. The van der Waals surface area contributed by atoms with Crippen LogP contribution in [0.25, 0.3) is 11.1 Å². The van der Waals surface area contributed by atoms with Crippen molar-refractivity contribution in [1.82, 2.24) is 9.88 Å². The Labute approximate surface area is 148 Å². The normalized spacial score (nSPS) is 15.7. The topological polar surface area (TPSA) is 69.8 Å². The van der Waals surface area contributed by atoms with E-state index in [0.717, 1.165) is 56.4 Å². The van der Waals surface area contributed by atoms with Crippen LogP contribution in [0.5, 0.6) is 0 Å². The fraction of sp³-hybridized carbons (Fsp3) is 0.579. The molecule has 0 aliphatic carbocycles. The fourth-order valence-corrected chi connectivity index (χ4v) is 3.37. The van der Waals surface area contributed by atoms with Crippen LogP contribution in [0.2, 0.25) is 0 Å². The standard InChI is InChI=1S/C19H27N3O3/c1-2-3-10-21(13-14-23)18(24)15-8-11-22(12-9-15)19-20-16-6-4-5-7-17(16)25-19/h4-7,15,23H,2-3,8-14H2,1H3. The van der Waals surface area contributed by atoms with Gasteiger partial charge in [-0.2, -0.15) is 4.98 Å². The van der Waals surface area contributed by atoms with Gasteiger partial charge < -0.3 is 19.3 Å². The first kappa shape index (κ1) is 17.7. The molecule has 2 heterocycles. The van der Waals surface area contributed by atoms with Crippen molar-refractivity contribution < 1.29 is 14.3 Å². The number of benzene rings is 1. The molecule has 0 bridgehead atoms. The summed E-state index contributed by atoms with van der Waals surface area (Å²) in [6.07, 6.45) is 3.62. The van der Waals surface area contributed by atoms with Crippen LogP contribution in [0.3, 0.4) is 0 Å². The molecule has 1 N–H and O–H groups in total. The first-order valence-electron chi connectivity index (χ1n) is 9.23. The van der Waals surface area contributed by atoms with Crippen LogP contribution in [0.4, 0.5) is 6.01 Å². The number of nitrogens with zero attached hydrogens (tertiary/aromatic N) is 3. The zero-order valence-electron chi connectivity index (χ0n) is 14.9. The Morgan fingerprint density at radius 1 is 1.32 bits per heavy atom. The van der Waals surface area contributed by atoms with E-state index < -0.39 is 0 Å². The Bertz CT molecular complexity index is 659. The number of para-hydroxylation sites is 2. The molecular formula is C19H27N3O3. The Morgan fingerprint density at radius 3 is 2.76 bits per heavy atom. The average Bonchev–Trinajstić information content (AvgIpc) is 3.09. The van der Waals surface area contributed by atoms with Gasteiger partial charge in [0.2, 0.25) is 5.91 Å². The highest BCUT2D eigenvalue weighted by molar-refractivity contribution is 5.79. The second kappa shape index (κ2) is 8.34. The molecule has 25 heavy (non-hydrogen) atoms. The number of unbranched alkanes of at least 4 members (excludes halogenated alkanes) is 1. The van der Waals surface area contributed by atoms with Crippen molar-refractivity contribution in [2.24, 2.45) is 5.92 Å². The largest absolute Gasteiger partial charge is 0.423 e. The molecule has 136 valence electrons. The van der Waals surface area contributed by atoms with Crippen molar-refractivity contribution in [1.29, 1.82) is 0 Å². The van der Waals surface area contributed by atoms with E-state index >= 15 is 0 Å². The molecule has 0 saturated carbocycles. The molecule has 0 atom stereocenters. The summed E-state index contributed by atoms with van der Waals surface area (Å²) in [5.41, 5.74) is 1.66. The SMILES string of the molecule is CCCCN(CCO)C(=O)C1CCN(c2nc3ccccc3o2)CC1. The summed E-state index contributed by atoms with van der Waals surface area (Å²) >= 11 is 0. The Balaban J connectivity index is 1.59. The Kier molecular flexibility index (Phi) is 5.91. The summed E-state index contributed by atoms with van der Waals surface area (Å²) in [6, 6.07) is 8.40. The molecule has 1 fully saturated rings. The van der Waals surface area contributed by atoms with Crippen LogP contribution < -0.4 is 4.90 Å². The van der Waals surface area contributed by atoms with Gasteiger partial charge in [0, 0.05) is 32.1 Å². The third kappa shape index (κ3) is 4.12. The van der Waals surface area contributed by atoms with Crippen molar-refractivity contribution in [3.8, 4) is 0 Å². The van der Waals surface area contributed by atoms with Crippen LogP contribution in [0.1, 0.15) is 32.6 Å². The van der Waals surface area contributed by atoms with Crippen molar-refractivity contribution in [2.75, 3.05) is 37.7 Å². The van der Waals surface area contributed by atoms with Crippen molar-refractivity contribution in [2.45, 2.75) is 32.6 Å². The van der Waals surface area contributed by atoms with E-state index in [1.807, 2.05) is 29.2 Å². The van der Waals surface area contributed by atoms with Gasteiger partial charge in [-0.25, -0.2) is 0 Å². The van der Waals surface area contributed by atoms with Crippen LogP contribution >= 0.6 is 0 Å². The molecular weight excluding hydrogens is 318 g/mol. The molecule has 1 aliphatic rings. The predicted octanol–water partition coefficient (Wildman–Crippen LogP) is 2.67. The molecule has 3 rings (SSSR count). The number of anilines is 1. The maximum Gasteiger partial charge on any atom is 0.298 e. The lowest BCUT2D eigenvalue weighted by Crippen LogP contribution is -2.44. The third-order valence-corrected chi connectivity index (χ3v) is 4.86. The van der Waals surface area contributed by atoms with Crippen molar-refractivity contribution in [3.63, 3.8) is 0 Å². The van der Waals surface area contributed by atoms with E-state index in [4.69, 9.17) is 4.42 Å². The molecule has 0 radical (unpaired) electrons. The summed E-state index contributed by atoms with van der Waals surface area (Å²) in [5.74, 6) is 0.212. The van der Waals surface area contributed by atoms with Gasteiger partial charge in [0.15, 0.2) is 5.58 Å².